The highest BCUT2D eigenvalue weighted by atomic mass is 16.6. The molecular formula is C64H96O9. The summed E-state index contributed by atoms with van der Waals surface area (Å²) in [6.45, 7) is 35.3. The van der Waals surface area contributed by atoms with Gasteiger partial charge in [0.25, 0.3) is 0 Å². The van der Waals surface area contributed by atoms with Crippen LogP contribution in [0, 0.1) is 33.5 Å². The lowest BCUT2D eigenvalue weighted by Gasteiger charge is -2.63. The summed E-state index contributed by atoms with van der Waals surface area (Å²) in [7, 11) is 0. The molecule has 9 atom stereocenters. The molecule has 4 fully saturated rings. The second kappa shape index (κ2) is 27.3. The highest BCUT2D eigenvalue weighted by molar-refractivity contribution is 5.80. The molecule has 3 saturated carbocycles. The van der Waals surface area contributed by atoms with Crippen molar-refractivity contribution in [3.8, 4) is 0 Å². The van der Waals surface area contributed by atoms with E-state index in [2.05, 4.69) is 126 Å². The number of carboxylic acids is 1. The first-order chi connectivity index (χ1) is 33.7. The quantitative estimate of drug-likeness (QED) is 0.0523. The standard InChI is InChI=1S/C20H32O4.C19H26O2.C15H22O3.C10H16/c1-13(9-12-21)7-8-14-19(4)11-6-10-18(2,3)16(19)15(22)17(23)20(14,5)24;1-15(9-6-5-7-11-18(20)21)12-13-17-16(2)10-8-14-19(17,3)4;1-11(6-8-16)5-7-15-13(2,3)9-12(17)10-14(15,4)18-15;1-5-10(4)8-6-7-9(2)3/h7-9,12,14-17,22-24H,6,10-11H2,1-5H3;5-7,9,11-13H,8,10,14H2,1-4H3,(H,20,21);5-8,12,17H,9-10H2,1-4H3;5-8H,1-4H3/b8-7+,13-9-;6-5+,11-7+,13-12+,15-9-;7-5+,11-6-;8-6+,10-5-/t14-,15-,16?,17+,19-,20+;;12-,14+,15-;/m1.0./s1. The van der Waals surface area contributed by atoms with Crippen molar-refractivity contribution in [2.75, 3.05) is 0 Å². The number of carbonyl (C=O) groups is 3. The molecule has 9 heteroatoms. The van der Waals surface area contributed by atoms with Gasteiger partial charge in [-0.05, 0) is 165 Å². The Morgan fingerprint density at radius 1 is 0.671 bits per heavy atom. The molecule has 1 heterocycles. The molecule has 0 spiro atoms. The van der Waals surface area contributed by atoms with Gasteiger partial charge in [-0.25, -0.2) is 4.79 Å². The van der Waals surface area contributed by atoms with Crippen molar-refractivity contribution in [3.63, 3.8) is 0 Å². The molecule has 4 aliphatic carbocycles. The maximum Gasteiger partial charge on any atom is 0.328 e. The van der Waals surface area contributed by atoms with Crippen LogP contribution in [0.2, 0.25) is 0 Å². The first-order valence-corrected chi connectivity index (χ1v) is 26.4. The third-order valence-electron chi connectivity index (χ3n) is 16.1. The van der Waals surface area contributed by atoms with Gasteiger partial charge >= 0.3 is 5.97 Å². The van der Waals surface area contributed by atoms with E-state index in [-0.39, 0.29) is 50.8 Å². The number of aliphatic carboxylic acids is 1. The molecule has 1 saturated heterocycles. The third kappa shape index (κ3) is 17.5. The molecule has 0 bridgehead atoms. The molecule has 9 nitrogen and oxygen atoms in total. The number of fused-ring (bicyclic) bond motifs is 2. The van der Waals surface area contributed by atoms with E-state index >= 15 is 0 Å². The number of allylic oxidation sites excluding steroid dienone is 21. The summed E-state index contributed by atoms with van der Waals surface area (Å²) < 4.78 is 6.00. The minimum atomic E-state index is -1.42. The second-order valence-corrected chi connectivity index (χ2v) is 24.2. The van der Waals surface area contributed by atoms with E-state index in [1.807, 2.05) is 58.1 Å². The summed E-state index contributed by atoms with van der Waals surface area (Å²) in [5.74, 6) is -1.33. The molecule has 5 N–H and O–H groups in total. The molecule has 0 radical (unpaired) electrons. The van der Waals surface area contributed by atoms with Gasteiger partial charge in [-0.15, -0.1) is 0 Å². The Kier molecular flexibility index (Phi) is 24.2. The topological polar surface area (TPSA) is 165 Å². The maximum absolute atomic E-state index is 11.0. The Balaban J connectivity index is 0.000000346. The van der Waals surface area contributed by atoms with E-state index in [0.717, 1.165) is 61.1 Å². The molecule has 5 rings (SSSR count). The number of aliphatic hydroxyl groups is 4. The summed E-state index contributed by atoms with van der Waals surface area (Å²) in [6.07, 6.45) is 38.9. The van der Waals surface area contributed by atoms with Crippen molar-refractivity contribution in [1.29, 1.82) is 0 Å². The highest BCUT2D eigenvalue weighted by Gasteiger charge is 2.74. The molecular weight excluding hydrogens is 913 g/mol. The summed E-state index contributed by atoms with van der Waals surface area (Å²) >= 11 is 0. The number of rotatable bonds is 13. The fourth-order valence-electron chi connectivity index (χ4n) is 12.2. The predicted octanol–water partition coefficient (Wildman–Crippen LogP) is 13.7. The van der Waals surface area contributed by atoms with E-state index in [4.69, 9.17) is 9.84 Å². The summed E-state index contributed by atoms with van der Waals surface area (Å²) in [5.41, 5.74) is 6.19. The lowest BCUT2D eigenvalue weighted by molar-refractivity contribution is -0.255. The number of ether oxygens (including phenoxy) is 1. The van der Waals surface area contributed by atoms with Crippen molar-refractivity contribution in [2.45, 2.75) is 204 Å². The van der Waals surface area contributed by atoms with Crippen LogP contribution in [0.25, 0.3) is 0 Å². The SMILES string of the molecule is C/C=C(C)\C=C\C=C(C)C.CC(=C/C=O)/C=C/[C@@]12O[C@]1(C)C[C@@H](O)CC2(C)C.CC(=C/C=O)/C=C/[C@H]1[C@](C)(O)[C@@H](O)[C@H](O)C2C(C)(C)CCC[C@@]21C.CC1=C(/C=C/C(C)=C\C=C\C=C\C(=O)O)C(C)(C)CCC1. The van der Waals surface area contributed by atoms with Crippen LogP contribution in [-0.2, 0) is 19.1 Å². The van der Waals surface area contributed by atoms with Crippen LogP contribution in [0.1, 0.15) is 169 Å². The maximum atomic E-state index is 11.0. The number of hydrogen-bond donors (Lipinski definition) is 5. The van der Waals surface area contributed by atoms with E-state index < -0.39 is 23.8 Å². The van der Waals surface area contributed by atoms with Crippen molar-refractivity contribution >= 4 is 18.5 Å². The number of epoxide rings is 1. The summed E-state index contributed by atoms with van der Waals surface area (Å²) in [4.78, 5) is 31.4. The number of carbonyl (C=O) groups excluding carboxylic acids is 2. The lowest BCUT2D eigenvalue weighted by Crippen LogP contribution is -2.69. The molecule has 0 aromatic carbocycles. The fraction of sp³-hybridized carbons (Fsp3) is 0.578. The fourth-order valence-corrected chi connectivity index (χ4v) is 12.2. The van der Waals surface area contributed by atoms with Crippen LogP contribution < -0.4 is 0 Å². The lowest BCUT2D eigenvalue weighted by atomic mass is 9.44. The molecule has 406 valence electrons. The zero-order chi connectivity index (χ0) is 55.8. The molecule has 1 aliphatic heterocycles. The Morgan fingerprint density at radius 3 is 1.82 bits per heavy atom. The van der Waals surface area contributed by atoms with Crippen molar-refractivity contribution < 1.29 is 44.7 Å². The average Bonchev–Trinajstić information content (AvgIpc) is 3.89. The zero-order valence-corrected chi connectivity index (χ0v) is 47.9. The van der Waals surface area contributed by atoms with Crippen LogP contribution in [-0.4, -0.2) is 79.2 Å². The molecule has 73 heavy (non-hydrogen) atoms. The van der Waals surface area contributed by atoms with Gasteiger partial charge in [0.1, 0.15) is 29.9 Å². The van der Waals surface area contributed by atoms with E-state index in [0.29, 0.717) is 6.42 Å². The number of aliphatic hydroxyl groups excluding tert-OH is 3. The van der Waals surface area contributed by atoms with Crippen molar-refractivity contribution in [2.24, 2.45) is 33.5 Å². The van der Waals surface area contributed by atoms with Gasteiger partial charge in [0.15, 0.2) is 0 Å². The normalized spacial score (nSPS) is 33.1. The predicted molar refractivity (Wildman–Crippen MR) is 302 cm³/mol. The van der Waals surface area contributed by atoms with E-state index in [1.165, 1.54) is 59.8 Å². The Labute approximate surface area is 441 Å². The van der Waals surface area contributed by atoms with Crippen LogP contribution in [0.3, 0.4) is 0 Å². The van der Waals surface area contributed by atoms with Gasteiger partial charge < -0.3 is 30.3 Å². The van der Waals surface area contributed by atoms with E-state index in [1.54, 1.807) is 13.0 Å². The van der Waals surface area contributed by atoms with Gasteiger partial charge in [-0.2, -0.15) is 0 Å². The van der Waals surface area contributed by atoms with Gasteiger partial charge in [0, 0.05) is 23.8 Å². The van der Waals surface area contributed by atoms with Crippen molar-refractivity contribution in [3.05, 3.63) is 142 Å². The monoisotopic (exact) mass is 1010 g/mol. The van der Waals surface area contributed by atoms with E-state index in [9.17, 15) is 34.8 Å². The first-order valence-electron chi connectivity index (χ1n) is 26.4. The third-order valence-corrected chi connectivity index (χ3v) is 16.1. The Hall–Kier alpha value is -4.51. The van der Waals surface area contributed by atoms with Crippen LogP contribution in [0.5, 0.6) is 0 Å². The summed E-state index contributed by atoms with van der Waals surface area (Å²) in [5, 5.41) is 50.9. The average molecular weight is 1010 g/mol. The molecule has 0 aromatic rings. The van der Waals surface area contributed by atoms with Gasteiger partial charge in [-0.1, -0.05) is 156 Å². The van der Waals surface area contributed by atoms with Crippen molar-refractivity contribution in [1.82, 2.24) is 0 Å². The highest BCUT2D eigenvalue weighted by Crippen LogP contribution is 2.66. The molecule has 1 unspecified atom stereocenters. The zero-order valence-electron chi connectivity index (χ0n) is 47.9. The number of hydrogen-bond acceptors (Lipinski definition) is 8. The van der Waals surface area contributed by atoms with Crippen LogP contribution >= 0.6 is 0 Å². The largest absolute Gasteiger partial charge is 0.478 e. The minimum Gasteiger partial charge on any atom is -0.478 e. The molecule has 5 aliphatic rings. The molecule has 0 aromatic heterocycles. The van der Waals surface area contributed by atoms with Crippen LogP contribution in [0.4, 0.5) is 0 Å². The summed E-state index contributed by atoms with van der Waals surface area (Å²) in [6, 6.07) is 0. The van der Waals surface area contributed by atoms with Crippen LogP contribution in [0.15, 0.2) is 142 Å². The smallest absolute Gasteiger partial charge is 0.328 e. The van der Waals surface area contributed by atoms with Gasteiger partial charge in [-0.3, -0.25) is 9.59 Å². The van der Waals surface area contributed by atoms with Gasteiger partial charge in [0.05, 0.1) is 17.8 Å². The van der Waals surface area contributed by atoms with Gasteiger partial charge in [0.2, 0.25) is 0 Å². The first kappa shape index (κ1) is 64.6. The number of aldehydes is 2. The Bertz CT molecular complexity index is 2270. The second-order valence-electron chi connectivity index (χ2n) is 24.2. The molecule has 0 amide bonds. The number of carboxylic acid groups (broad SMARTS) is 1. The minimum absolute atomic E-state index is 0.0982. The Morgan fingerprint density at radius 2 is 1.27 bits per heavy atom.